The third-order valence-electron chi connectivity index (χ3n) is 5.50. The largest absolute Gasteiger partial charge is 0.369 e. The lowest BCUT2D eigenvalue weighted by Gasteiger charge is -2.45. The topological polar surface area (TPSA) is 40.6 Å². The van der Waals surface area contributed by atoms with Gasteiger partial charge in [-0.05, 0) is 86.7 Å². The molecule has 0 aromatic heterocycles. The molecule has 3 rings (SSSR count). The van der Waals surface area contributed by atoms with Crippen LogP contribution in [-0.4, -0.2) is 35.2 Å². The number of nitrogens with zero attached hydrogens (tertiary/aromatic N) is 2. The first-order chi connectivity index (χ1) is 11.7. The molecule has 1 aromatic rings. The van der Waals surface area contributed by atoms with E-state index < -0.39 is 0 Å². The highest BCUT2D eigenvalue weighted by molar-refractivity contribution is 8.18. The van der Waals surface area contributed by atoms with Crippen molar-refractivity contribution in [1.29, 1.82) is 0 Å². The van der Waals surface area contributed by atoms with Gasteiger partial charge in [-0.15, -0.1) is 0 Å². The van der Waals surface area contributed by atoms with Crippen molar-refractivity contribution in [2.24, 2.45) is 0 Å². The SMILES string of the molecule is CCN1C(=O)S/C(=C\c2cc3c(cc2C)N(C)C(C)(C)CC3C)C1=O. The third-order valence-corrected chi connectivity index (χ3v) is 6.41. The van der Waals surface area contributed by atoms with E-state index in [0.717, 1.165) is 29.3 Å². The maximum absolute atomic E-state index is 12.4. The lowest BCUT2D eigenvalue weighted by molar-refractivity contribution is -0.122. The van der Waals surface area contributed by atoms with Crippen molar-refractivity contribution < 1.29 is 9.59 Å². The van der Waals surface area contributed by atoms with Crippen molar-refractivity contribution in [3.05, 3.63) is 33.7 Å². The Morgan fingerprint density at radius 1 is 1.32 bits per heavy atom. The van der Waals surface area contributed by atoms with E-state index >= 15 is 0 Å². The first kappa shape index (κ1) is 18.1. The minimum Gasteiger partial charge on any atom is -0.369 e. The minimum absolute atomic E-state index is 0.129. The number of fused-ring (bicyclic) bond motifs is 1. The first-order valence-corrected chi connectivity index (χ1v) is 9.61. The molecule has 25 heavy (non-hydrogen) atoms. The second kappa shape index (κ2) is 6.20. The number of hydrogen-bond donors (Lipinski definition) is 0. The normalized spacial score (nSPS) is 24.2. The van der Waals surface area contributed by atoms with Crippen LogP contribution >= 0.6 is 11.8 Å². The zero-order valence-corrected chi connectivity index (χ0v) is 16.7. The summed E-state index contributed by atoms with van der Waals surface area (Å²) in [5.74, 6) is 0.278. The summed E-state index contributed by atoms with van der Waals surface area (Å²) in [5.41, 5.74) is 4.86. The van der Waals surface area contributed by atoms with Crippen molar-refractivity contribution in [3.63, 3.8) is 0 Å². The molecule has 2 aliphatic rings. The number of anilines is 1. The fourth-order valence-electron chi connectivity index (χ4n) is 3.80. The summed E-state index contributed by atoms with van der Waals surface area (Å²) in [5, 5.41) is -0.177. The van der Waals surface area contributed by atoms with Crippen molar-refractivity contribution in [1.82, 2.24) is 4.90 Å². The van der Waals surface area contributed by atoms with Crippen molar-refractivity contribution in [2.45, 2.75) is 52.5 Å². The molecule has 1 unspecified atom stereocenters. The molecule has 5 heteroatoms. The predicted octanol–water partition coefficient (Wildman–Crippen LogP) is 4.77. The van der Waals surface area contributed by atoms with Gasteiger partial charge < -0.3 is 4.90 Å². The molecule has 1 fully saturated rings. The van der Waals surface area contributed by atoms with Crippen LogP contribution in [0.5, 0.6) is 0 Å². The van der Waals surface area contributed by atoms with Gasteiger partial charge in [-0.3, -0.25) is 14.5 Å². The Labute approximate surface area is 154 Å². The van der Waals surface area contributed by atoms with Crippen LogP contribution in [0.1, 0.15) is 56.7 Å². The number of aryl methyl sites for hydroxylation is 1. The summed E-state index contributed by atoms with van der Waals surface area (Å²) in [7, 11) is 2.15. The molecular formula is C20H26N2O2S. The van der Waals surface area contributed by atoms with Gasteiger partial charge in [-0.25, -0.2) is 0 Å². The van der Waals surface area contributed by atoms with Crippen molar-refractivity contribution in [3.8, 4) is 0 Å². The van der Waals surface area contributed by atoms with Gasteiger partial charge >= 0.3 is 0 Å². The van der Waals surface area contributed by atoms with E-state index in [1.807, 2.05) is 13.0 Å². The minimum atomic E-state index is -0.180. The molecule has 1 atom stereocenters. The number of thioether (sulfide) groups is 1. The smallest absolute Gasteiger partial charge is 0.293 e. The van der Waals surface area contributed by atoms with Gasteiger partial charge in [0.2, 0.25) is 0 Å². The summed E-state index contributed by atoms with van der Waals surface area (Å²) >= 11 is 1.04. The fourth-order valence-corrected chi connectivity index (χ4v) is 4.70. The van der Waals surface area contributed by atoms with Crippen LogP contribution < -0.4 is 4.90 Å². The molecule has 0 saturated carbocycles. The molecular weight excluding hydrogens is 332 g/mol. The number of imide groups is 1. The van der Waals surface area contributed by atoms with E-state index in [1.165, 1.54) is 16.2 Å². The average Bonchev–Trinajstić information content (AvgIpc) is 2.79. The van der Waals surface area contributed by atoms with Gasteiger partial charge in [0.15, 0.2) is 0 Å². The van der Waals surface area contributed by atoms with Gasteiger partial charge in [-0.1, -0.05) is 6.92 Å². The zero-order chi connectivity index (χ0) is 18.5. The predicted molar refractivity (Wildman–Crippen MR) is 105 cm³/mol. The lowest BCUT2D eigenvalue weighted by atomic mass is 9.79. The molecule has 4 nitrogen and oxygen atoms in total. The van der Waals surface area contributed by atoms with Crippen LogP contribution in [0, 0.1) is 6.92 Å². The molecule has 0 spiro atoms. The first-order valence-electron chi connectivity index (χ1n) is 8.79. The molecule has 134 valence electrons. The molecule has 1 aromatic carbocycles. The maximum atomic E-state index is 12.4. The van der Waals surface area contributed by atoms with Gasteiger partial charge in [0, 0.05) is 24.8 Å². The Hall–Kier alpha value is -1.75. The van der Waals surface area contributed by atoms with E-state index in [2.05, 4.69) is 51.8 Å². The Morgan fingerprint density at radius 3 is 2.60 bits per heavy atom. The highest BCUT2D eigenvalue weighted by Crippen LogP contribution is 2.44. The van der Waals surface area contributed by atoms with Crippen molar-refractivity contribution >= 4 is 34.7 Å². The zero-order valence-electron chi connectivity index (χ0n) is 15.8. The summed E-state index contributed by atoms with van der Waals surface area (Å²) in [4.78, 5) is 28.4. The molecule has 2 aliphatic heterocycles. The Kier molecular flexibility index (Phi) is 4.48. The van der Waals surface area contributed by atoms with E-state index in [-0.39, 0.29) is 16.7 Å². The molecule has 0 aliphatic carbocycles. The van der Waals surface area contributed by atoms with E-state index in [0.29, 0.717) is 17.4 Å². The van der Waals surface area contributed by atoms with Crippen LogP contribution in [0.25, 0.3) is 6.08 Å². The Morgan fingerprint density at radius 2 is 2.00 bits per heavy atom. The Balaban J connectivity index is 2.04. The van der Waals surface area contributed by atoms with Gasteiger partial charge in [-0.2, -0.15) is 0 Å². The number of benzene rings is 1. The average molecular weight is 359 g/mol. The quantitative estimate of drug-likeness (QED) is 0.714. The van der Waals surface area contributed by atoms with E-state index in [1.54, 1.807) is 0 Å². The van der Waals surface area contributed by atoms with Crippen LogP contribution in [-0.2, 0) is 4.79 Å². The van der Waals surface area contributed by atoms with Crippen LogP contribution in [0.4, 0.5) is 10.5 Å². The second-order valence-corrected chi connectivity index (χ2v) is 8.66. The maximum Gasteiger partial charge on any atom is 0.293 e. The number of likely N-dealkylation sites (N-methyl/N-ethyl adjacent to an activating group) is 1. The number of carbonyl (C=O) groups excluding carboxylic acids is 2. The standard InChI is InChI=1S/C20H26N2O2S/c1-7-22-18(23)17(25-19(22)24)10-14-9-15-13(3)11-20(4,5)21(6)16(15)8-12(14)2/h8-10,13H,7,11H2,1-6H3/b17-10-. The van der Waals surface area contributed by atoms with Gasteiger partial charge in [0.1, 0.15) is 0 Å². The fraction of sp³-hybridized carbons (Fsp3) is 0.500. The molecule has 2 heterocycles. The molecule has 0 bridgehead atoms. The number of rotatable bonds is 2. The van der Waals surface area contributed by atoms with Crippen molar-refractivity contribution in [2.75, 3.05) is 18.5 Å². The summed E-state index contributed by atoms with van der Waals surface area (Å²) in [6, 6.07) is 4.41. The number of carbonyl (C=O) groups is 2. The third kappa shape index (κ3) is 2.99. The summed E-state index contributed by atoms with van der Waals surface area (Å²) in [6.45, 7) is 11.1. The van der Waals surface area contributed by atoms with E-state index in [9.17, 15) is 9.59 Å². The number of hydrogen-bond acceptors (Lipinski definition) is 4. The second-order valence-electron chi connectivity index (χ2n) is 7.67. The highest BCUT2D eigenvalue weighted by Gasteiger charge is 2.36. The lowest BCUT2D eigenvalue weighted by Crippen LogP contribution is -2.45. The highest BCUT2D eigenvalue weighted by atomic mass is 32.2. The molecule has 0 N–H and O–H groups in total. The monoisotopic (exact) mass is 358 g/mol. The molecule has 2 amide bonds. The number of amides is 2. The van der Waals surface area contributed by atoms with Crippen LogP contribution in [0.3, 0.4) is 0 Å². The summed E-state index contributed by atoms with van der Waals surface area (Å²) in [6.07, 6.45) is 2.97. The van der Waals surface area contributed by atoms with Gasteiger partial charge in [0.05, 0.1) is 4.91 Å². The molecule has 0 radical (unpaired) electrons. The van der Waals surface area contributed by atoms with E-state index in [4.69, 9.17) is 0 Å². The van der Waals surface area contributed by atoms with Crippen LogP contribution in [0.15, 0.2) is 17.0 Å². The van der Waals surface area contributed by atoms with Crippen LogP contribution in [0.2, 0.25) is 0 Å². The summed E-state index contributed by atoms with van der Waals surface area (Å²) < 4.78 is 0. The Bertz CT molecular complexity index is 782. The molecule has 1 saturated heterocycles. The van der Waals surface area contributed by atoms with Gasteiger partial charge in [0.25, 0.3) is 11.1 Å².